The monoisotopic (exact) mass is 322 g/mol. The van der Waals surface area contributed by atoms with Gasteiger partial charge in [0, 0.05) is 13.1 Å². The predicted molar refractivity (Wildman–Crippen MR) is 84.4 cm³/mol. The SMILES string of the molecule is O=C(Nc1ccc(F)cc1Cl)N(CCO)Cc1ccccc1. The van der Waals surface area contributed by atoms with Gasteiger partial charge in [0.25, 0.3) is 0 Å². The van der Waals surface area contributed by atoms with Crippen molar-refractivity contribution in [1.29, 1.82) is 0 Å². The van der Waals surface area contributed by atoms with Gasteiger partial charge in [0.15, 0.2) is 0 Å². The van der Waals surface area contributed by atoms with Gasteiger partial charge >= 0.3 is 6.03 Å². The van der Waals surface area contributed by atoms with Gasteiger partial charge in [0.1, 0.15) is 5.82 Å². The van der Waals surface area contributed by atoms with Crippen molar-refractivity contribution >= 4 is 23.3 Å². The Morgan fingerprint density at radius 3 is 2.59 bits per heavy atom. The van der Waals surface area contributed by atoms with Crippen LogP contribution in [0.3, 0.4) is 0 Å². The molecular weight excluding hydrogens is 307 g/mol. The van der Waals surface area contributed by atoms with Crippen LogP contribution in [-0.2, 0) is 6.54 Å². The van der Waals surface area contributed by atoms with Crippen molar-refractivity contribution in [2.24, 2.45) is 0 Å². The zero-order chi connectivity index (χ0) is 15.9. The van der Waals surface area contributed by atoms with Crippen LogP contribution in [-0.4, -0.2) is 29.2 Å². The van der Waals surface area contributed by atoms with E-state index in [0.29, 0.717) is 12.2 Å². The Labute approximate surface area is 133 Å². The summed E-state index contributed by atoms with van der Waals surface area (Å²) >= 11 is 5.89. The third kappa shape index (κ3) is 4.44. The van der Waals surface area contributed by atoms with E-state index in [4.69, 9.17) is 16.7 Å². The van der Waals surface area contributed by atoms with E-state index in [9.17, 15) is 9.18 Å². The molecule has 0 bridgehead atoms. The van der Waals surface area contributed by atoms with Crippen LogP contribution < -0.4 is 5.32 Å². The van der Waals surface area contributed by atoms with Crippen LogP contribution in [0.2, 0.25) is 5.02 Å². The molecule has 0 aliphatic rings. The summed E-state index contributed by atoms with van der Waals surface area (Å²) in [6.45, 7) is 0.378. The Bertz CT molecular complexity index is 637. The zero-order valence-corrected chi connectivity index (χ0v) is 12.6. The van der Waals surface area contributed by atoms with Gasteiger partial charge in [0.05, 0.1) is 17.3 Å². The normalized spacial score (nSPS) is 10.3. The van der Waals surface area contributed by atoms with E-state index in [1.807, 2.05) is 30.3 Å². The van der Waals surface area contributed by atoms with Gasteiger partial charge in [-0.1, -0.05) is 41.9 Å². The highest BCUT2D eigenvalue weighted by atomic mass is 35.5. The molecule has 2 rings (SSSR count). The largest absolute Gasteiger partial charge is 0.395 e. The fourth-order valence-electron chi connectivity index (χ4n) is 1.96. The summed E-state index contributed by atoms with van der Waals surface area (Å²) < 4.78 is 13.0. The fraction of sp³-hybridized carbons (Fsp3) is 0.188. The molecule has 2 N–H and O–H groups in total. The number of aliphatic hydroxyl groups is 1. The minimum Gasteiger partial charge on any atom is -0.395 e. The lowest BCUT2D eigenvalue weighted by Crippen LogP contribution is -2.36. The Morgan fingerprint density at radius 1 is 1.23 bits per heavy atom. The van der Waals surface area contributed by atoms with E-state index in [1.165, 1.54) is 17.0 Å². The lowest BCUT2D eigenvalue weighted by atomic mass is 10.2. The summed E-state index contributed by atoms with van der Waals surface area (Å²) in [7, 11) is 0. The van der Waals surface area contributed by atoms with Crippen molar-refractivity contribution < 1.29 is 14.3 Å². The fourth-order valence-corrected chi connectivity index (χ4v) is 2.18. The first-order valence-electron chi connectivity index (χ1n) is 6.76. The maximum atomic E-state index is 13.0. The number of hydrogen-bond acceptors (Lipinski definition) is 2. The van der Waals surface area contributed by atoms with Gasteiger partial charge in [0.2, 0.25) is 0 Å². The summed E-state index contributed by atoms with van der Waals surface area (Å²) in [5, 5.41) is 11.9. The number of amides is 2. The summed E-state index contributed by atoms with van der Waals surface area (Å²) in [5.41, 5.74) is 1.26. The maximum absolute atomic E-state index is 13.0. The van der Waals surface area contributed by atoms with Crippen LogP contribution in [0.25, 0.3) is 0 Å². The van der Waals surface area contributed by atoms with E-state index >= 15 is 0 Å². The Balaban J connectivity index is 2.09. The highest BCUT2D eigenvalue weighted by Crippen LogP contribution is 2.22. The van der Waals surface area contributed by atoms with E-state index in [0.717, 1.165) is 11.6 Å². The highest BCUT2D eigenvalue weighted by molar-refractivity contribution is 6.33. The molecule has 22 heavy (non-hydrogen) atoms. The topological polar surface area (TPSA) is 52.6 Å². The molecule has 0 fully saturated rings. The van der Waals surface area contributed by atoms with Crippen LogP contribution in [0.5, 0.6) is 0 Å². The van der Waals surface area contributed by atoms with E-state index in [-0.39, 0.29) is 18.2 Å². The Kier molecular flexibility index (Phi) is 5.75. The molecule has 116 valence electrons. The lowest BCUT2D eigenvalue weighted by Gasteiger charge is -2.22. The van der Waals surface area contributed by atoms with Crippen LogP contribution in [0.15, 0.2) is 48.5 Å². The molecule has 2 aromatic carbocycles. The molecule has 0 aromatic heterocycles. The second kappa shape index (κ2) is 7.77. The Morgan fingerprint density at radius 2 is 1.95 bits per heavy atom. The van der Waals surface area contributed by atoms with Gasteiger partial charge in [-0.05, 0) is 23.8 Å². The lowest BCUT2D eigenvalue weighted by molar-refractivity contribution is 0.185. The third-order valence-electron chi connectivity index (χ3n) is 3.05. The minimum absolute atomic E-state index is 0.122. The molecule has 2 aromatic rings. The average molecular weight is 323 g/mol. The second-order valence-corrected chi connectivity index (χ2v) is 5.09. The molecule has 0 spiro atoms. The number of carbonyl (C=O) groups is 1. The van der Waals surface area contributed by atoms with E-state index < -0.39 is 11.8 Å². The Hall–Kier alpha value is -2.11. The molecule has 0 aliphatic carbocycles. The first-order chi connectivity index (χ1) is 10.6. The molecular formula is C16H16ClFN2O2. The summed E-state index contributed by atoms with van der Waals surface area (Å²) in [6, 6.07) is 12.8. The number of urea groups is 1. The number of nitrogens with one attached hydrogen (secondary N) is 1. The van der Waals surface area contributed by atoms with Crippen LogP contribution >= 0.6 is 11.6 Å². The molecule has 0 saturated heterocycles. The molecule has 0 aliphatic heterocycles. The van der Waals surface area contributed by atoms with Gasteiger partial charge in [-0.15, -0.1) is 0 Å². The molecule has 0 unspecified atom stereocenters. The molecule has 0 atom stereocenters. The number of benzene rings is 2. The summed E-state index contributed by atoms with van der Waals surface area (Å²) in [6.07, 6.45) is 0. The first kappa shape index (κ1) is 16.3. The number of rotatable bonds is 5. The number of nitrogens with zero attached hydrogens (tertiary/aromatic N) is 1. The van der Waals surface area contributed by atoms with Crippen molar-refractivity contribution in [3.8, 4) is 0 Å². The first-order valence-corrected chi connectivity index (χ1v) is 7.13. The van der Waals surface area contributed by atoms with Gasteiger partial charge in [-0.2, -0.15) is 0 Å². The van der Waals surface area contributed by atoms with Crippen LogP contribution in [0.4, 0.5) is 14.9 Å². The summed E-state index contributed by atoms with van der Waals surface area (Å²) in [5.74, 6) is -0.473. The van der Waals surface area contributed by atoms with Crippen molar-refractivity contribution in [1.82, 2.24) is 4.90 Å². The van der Waals surface area contributed by atoms with Crippen molar-refractivity contribution in [3.05, 3.63) is 64.9 Å². The molecule has 0 saturated carbocycles. The van der Waals surface area contributed by atoms with Crippen LogP contribution in [0, 0.1) is 5.82 Å². The molecule has 2 amide bonds. The minimum atomic E-state index is -0.473. The van der Waals surface area contributed by atoms with Gasteiger partial charge < -0.3 is 15.3 Å². The molecule has 4 nitrogen and oxygen atoms in total. The molecule has 6 heteroatoms. The number of halogens is 2. The van der Waals surface area contributed by atoms with E-state index in [2.05, 4.69) is 5.32 Å². The van der Waals surface area contributed by atoms with Crippen LogP contribution in [0.1, 0.15) is 5.56 Å². The zero-order valence-electron chi connectivity index (χ0n) is 11.8. The predicted octanol–water partition coefficient (Wildman–Crippen LogP) is 3.51. The highest BCUT2D eigenvalue weighted by Gasteiger charge is 2.15. The van der Waals surface area contributed by atoms with E-state index in [1.54, 1.807) is 0 Å². The summed E-state index contributed by atoms with van der Waals surface area (Å²) in [4.78, 5) is 13.7. The quantitative estimate of drug-likeness (QED) is 0.885. The average Bonchev–Trinajstić information content (AvgIpc) is 2.50. The van der Waals surface area contributed by atoms with Gasteiger partial charge in [-0.25, -0.2) is 9.18 Å². The third-order valence-corrected chi connectivity index (χ3v) is 3.36. The maximum Gasteiger partial charge on any atom is 0.322 e. The second-order valence-electron chi connectivity index (χ2n) is 4.69. The molecule has 0 heterocycles. The van der Waals surface area contributed by atoms with Crippen molar-refractivity contribution in [3.63, 3.8) is 0 Å². The molecule has 0 radical (unpaired) electrons. The standard InChI is InChI=1S/C16H16ClFN2O2/c17-14-10-13(18)6-7-15(14)19-16(22)20(8-9-21)11-12-4-2-1-3-5-12/h1-7,10,21H,8-9,11H2,(H,19,22). The smallest absolute Gasteiger partial charge is 0.322 e. The number of hydrogen-bond donors (Lipinski definition) is 2. The number of carbonyl (C=O) groups excluding carboxylic acids is 1. The number of anilines is 1. The number of aliphatic hydroxyl groups excluding tert-OH is 1. The van der Waals surface area contributed by atoms with Crippen molar-refractivity contribution in [2.45, 2.75) is 6.54 Å². The van der Waals surface area contributed by atoms with Gasteiger partial charge in [-0.3, -0.25) is 0 Å². The van der Waals surface area contributed by atoms with Crippen molar-refractivity contribution in [2.75, 3.05) is 18.5 Å².